The van der Waals surface area contributed by atoms with Crippen molar-refractivity contribution in [1.82, 2.24) is 14.5 Å². The molecule has 0 bridgehead atoms. The first-order valence-electron chi connectivity index (χ1n) is 7.01. The second-order valence-corrected chi connectivity index (χ2v) is 4.63. The van der Waals surface area contributed by atoms with Crippen molar-refractivity contribution in [1.29, 1.82) is 0 Å². The van der Waals surface area contributed by atoms with E-state index in [1.165, 1.54) is 0 Å². The predicted octanol–water partition coefficient (Wildman–Crippen LogP) is 3.11. The van der Waals surface area contributed by atoms with Crippen LogP contribution in [0.1, 0.15) is 17.3 Å². The first-order valence-corrected chi connectivity index (χ1v) is 7.01. The lowest BCUT2D eigenvalue weighted by atomic mass is 10.2. The van der Waals surface area contributed by atoms with E-state index in [9.17, 15) is 4.79 Å². The molecule has 2 heterocycles. The van der Waals surface area contributed by atoms with Crippen LogP contribution in [0, 0.1) is 0 Å². The summed E-state index contributed by atoms with van der Waals surface area (Å²) in [5.41, 5.74) is 2.25. The number of carbonyl (C=O) groups is 1. The van der Waals surface area contributed by atoms with Gasteiger partial charge in [0.05, 0.1) is 12.3 Å². The summed E-state index contributed by atoms with van der Waals surface area (Å²) in [5.74, 6) is 0.121. The smallest absolute Gasteiger partial charge is 0.341 e. The van der Waals surface area contributed by atoms with Crippen LogP contribution in [-0.2, 0) is 4.74 Å². The fourth-order valence-electron chi connectivity index (χ4n) is 2.17. The molecule has 22 heavy (non-hydrogen) atoms. The third-order valence-electron chi connectivity index (χ3n) is 3.18. The number of carbonyl (C=O) groups excluding carboxylic acids is 1. The third kappa shape index (κ3) is 2.74. The Morgan fingerprint density at radius 3 is 2.73 bits per heavy atom. The monoisotopic (exact) mass is 293 g/mol. The molecule has 0 amide bonds. The van der Waals surface area contributed by atoms with Gasteiger partial charge in [0.1, 0.15) is 11.9 Å². The number of esters is 1. The topological polar surface area (TPSA) is 57.0 Å². The zero-order chi connectivity index (χ0) is 15.4. The van der Waals surface area contributed by atoms with E-state index in [0.717, 1.165) is 11.3 Å². The molecule has 0 aliphatic heterocycles. The molecule has 0 aliphatic rings. The second kappa shape index (κ2) is 6.22. The highest BCUT2D eigenvalue weighted by Crippen LogP contribution is 2.19. The summed E-state index contributed by atoms with van der Waals surface area (Å²) in [6.07, 6.45) is 5.13. The van der Waals surface area contributed by atoms with E-state index in [4.69, 9.17) is 4.74 Å². The maximum absolute atomic E-state index is 12.0. The van der Waals surface area contributed by atoms with Gasteiger partial charge in [-0.1, -0.05) is 30.3 Å². The Morgan fingerprint density at radius 1 is 1.14 bits per heavy atom. The fraction of sp³-hybridized carbons (Fsp3) is 0.118. The molecule has 0 atom stereocenters. The molecule has 0 fully saturated rings. The van der Waals surface area contributed by atoms with Gasteiger partial charge in [0.15, 0.2) is 5.82 Å². The van der Waals surface area contributed by atoms with Crippen LogP contribution in [-0.4, -0.2) is 27.1 Å². The maximum atomic E-state index is 12.0. The van der Waals surface area contributed by atoms with Gasteiger partial charge in [-0.3, -0.25) is 4.57 Å². The van der Waals surface area contributed by atoms with Crippen LogP contribution in [0.2, 0.25) is 0 Å². The highest BCUT2D eigenvalue weighted by atomic mass is 16.5. The van der Waals surface area contributed by atoms with E-state index in [2.05, 4.69) is 9.97 Å². The lowest BCUT2D eigenvalue weighted by molar-refractivity contribution is 0.0526. The standard InChI is InChI=1S/C17H15N3O2/c1-2-22-17(21)14-9-6-10-18-16(14)20-11-15(19-12-20)13-7-4-3-5-8-13/h3-12H,2H2,1H3. The first kappa shape index (κ1) is 14.0. The summed E-state index contributed by atoms with van der Waals surface area (Å²) in [5, 5.41) is 0. The molecule has 0 aliphatic carbocycles. The molecule has 3 aromatic rings. The summed E-state index contributed by atoms with van der Waals surface area (Å²) < 4.78 is 6.80. The molecule has 110 valence electrons. The molecule has 2 aromatic heterocycles. The fourth-order valence-corrected chi connectivity index (χ4v) is 2.17. The van der Waals surface area contributed by atoms with Crippen LogP contribution >= 0.6 is 0 Å². The van der Waals surface area contributed by atoms with Gasteiger partial charge < -0.3 is 4.74 Å². The molecule has 0 saturated carbocycles. The minimum Gasteiger partial charge on any atom is -0.462 e. The molecular weight excluding hydrogens is 278 g/mol. The van der Waals surface area contributed by atoms with E-state index in [1.54, 1.807) is 36.1 Å². The Labute approximate surface area is 128 Å². The number of pyridine rings is 1. The number of aromatic nitrogens is 3. The summed E-state index contributed by atoms with van der Waals surface area (Å²) in [4.78, 5) is 20.7. The van der Waals surface area contributed by atoms with Crippen molar-refractivity contribution in [3.63, 3.8) is 0 Å². The van der Waals surface area contributed by atoms with E-state index < -0.39 is 0 Å². The van der Waals surface area contributed by atoms with Gasteiger partial charge in [0.2, 0.25) is 0 Å². The van der Waals surface area contributed by atoms with E-state index in [0.29, 0.717) is 18.0 Å². The number of hydrogen-bond acceptors (Lipinski definition) is 4. The van der Waals surface area contributed by atoms with Crippen LogP contribution in [0.25, 0.3) is 17.1 Å². The number of benzene rings is 1. The van der Waals surface area contributed by atoms with Gasteiger partial charge in [0.25, 0.3) is 0 Å². The number of ether oxygens (including phenoxy) is 1. The van der Waals surface area contributed by atoms with Crippen LogP contribution < -0.4 is 0 Å². The molecule has 0 unspecified atom stereocenters. The van der Waals surface area contributed by atoms with Gasteiger partial charge in [-0.25, -0.2) is 14.8 Å². The Balaban J connectivity index is 1.99. The van der Waals surface area contributed by atoms with Crippen LogP contribution in [0.3, 0.4) is 0 Å². The quantitative estimate of drug-likeness (QED) is 0.694. The molecule has 0 radical (unpaired) electrons. The van der Waals surface area contributed by atoms with Crippen molar-refractivity contribution in [3.05, 3.63) is 66.7 Å². The average Bonchev–Trinajstić information content (AvgIpc) is 3.06. The normalized spacial score (nSPS) is 10.4. The summed E-state index contributed by atoms with van der Waals surface area (Å²) in [6.45, 7) is 2.10. The van der Waals surface area contributed by atoms with Crippen molar-refractivity contribution in [2.45, 2.75) is 6.92 Å². The number of rotatable bonds is 4. The largest absolute Gasteiger partial charge is 0.462 e. The van der Waals surface area contributed by atoms with Crippen molar-refractivity contribution in [2.75, 3.05) is 6.61 Å². The van der Waals surface area contributed by atoms with Crippen LogP contribution in [0.5, 0.6) is 0 Å². The Morgan fingerprint density at radius 2 is 1.95 bits per heavy atom. The van der Waals surface area contributed by atoms with E-state index in [-0.39, 0.29) is 5.97 Å². The second-order valence-electron chi connectivity index (χ2n) is 4.63. The minimum atomic E-state index is -0.388. The Hall–Kier alpha value is -2.95. The van der Waals surface area contributed by atoms with Gasteiger partial charge in [-0.2, -0.15) is 0 Å². The lowest BCUT2D eigenvalue weighted by Gasteiger charge is -2.07. The number of nitrogens with zero attached hydrogens (tertiary/aromatic N) is 3. The molecular formula is C17H15N3O2. The first-order chi connectivity index (χ1) is 10.8. The van der Waals surface area contributed by atoms with Gasteiger partial charge in [0, 0.05) is 18.0 Å². The number of imidazole rings is 1. The van der Waals surface area contributed by atoms with Gasteiger partial charge in [-0.15, -0.1) is 0 Å². The zero-order valence-electron chi connectivity index (χ0n) is 12.1. The lowest BCUT2D eigenvalue weighted by Crippen LogP contribution is -2.10. The van der Waals surface area contributed by atoms with Crippen molar-refractivity contribution in [2.24, 2.45) is 0 Å². The van der Waals surface area contributed by atoms with Gasteiger partial charge >= 0.3 is 5.97 Å². The maximum Gasteiger partial charge on any atom is 0.341 e. The predicted molar refractivity (Wildman–Crippen MR) is 82.8 cm³/mol. The highest BCUT2D eigenvalue weighted by Gasteiger charge is 2.15. The zero-order valence-corrected chi connectivity index (χ0v) is 12.1. The van der Waals surface area contributed by atoms with Crippen molar-refractivity contribution < 1.29 is 9.53 Å². The van der Waals surface area contributed by atoms with Crippen LogP contribution in [0.4, 0.5) is 0 Å². The van der Waals surface area contributed by atoms with E-state index >= 15 is 0 Å². The Bertz CT molecular complexity index is 781. The molecule has 1 aromatic carbocycles. The average molecular weight is 293 g/mol. The number of hydrogen-bond donors (Lipinski definition) is 0. The van der Waals surface area contributed by atoms with Crippen molar-refractivity contribution in [3.8, 4) is 17.1 Å². The summed E-state index contributed by atoms with van der Waals surface area (Å²) in [6, 6.07) is 13.2. The molecule has 0 N–H and O–H groups in total. The van der Waals surface area contributed by atoms with E-state index in [1.807, 2.05) is 36.5 Å². The molecule has 0 spiro atoms. The van der Waals surface area contributed by atoms with Gasteiger partial charge in [-0.05, 0) is 19.1 Å². The summed E-state index contributed by atoms with van der Waals surface area (Å²) in [7, 11) is 0. The molecule has 5 nitrogen and oxygen atoms in total. The third-order valence-corrected chi connectivity index (χ3v) is 3.18. The minimum absolute atomic E-state index is 0.326. The molecule has 5 heteroatoms. The highest BCUT2D eigenvalue weighted by molar-refractivity contribution is 5.92. The van der Waals surface area contributed by atoms with Crippen molar-refractivity contribution >= 4 is 5.97 Å². The SMILES string of the molecule is CCOC(=O)c1cccnc1-n1cnc(-c2ccccc2)c1. The molecule has 3 rings (SSSR count). The Kier molecular flexibility index (Phi) is 3.96. The molecule has 0 saturated heterocycles. The summed E-state index contributed by atoms with van der Waals surface area (Å²) >= 11 is 0. The van der Waals surface area contributed by atoms with Crippen LogP contribution in [0.15, 0.2) is 61.2 Å².